The summed E-state index contributed by atoms with van der Waals surface area (Å²) in [5.74, 6) is -0.448. The molecule has 0 bridgehead atoms. The molecule has 21 heavy (non-hydrogen) atoms. The first-order chi connectivity index (χ1) is 10.2. The number of nitriles is 2. The predicted octanol–water partition coefficient (Wildman–Crippen LogP) is 3.37. The molecule has 2 heterocycles. The van der Waals surface area contributed by atoms with Gasteiger partial charge in [-0.3, -0.25) is 0 Å². The second kappa shape index (κ2) is 5.28. The van der Waals surface area contributed by atoms with Gasteiger partial charge in [-0.15, -0.1) is 0 Å². The van der Waals surface area contributed by atoms with E-state index in [2.05, 4.69) is 11.2 Å². The lowest BCUT2D eigenvalue weighted by Crippen LogP contribution is -1.89. The first-order valence-electron chi connectivity index (χ1n) is 5.97. The van der Waals surface area contributed by atoms with Crippen molar-refractivity contribution in [2.24, 2.45) is 0 Å². The van der Waals surface area contributed by atoms with Crippen LogP contribution in [-0.4, -0.2) is 9.61 Å². The lowest BCUT2D eigenvalue weighted by molar-refractivity contribution is 0.626. The average Bonchev–Trinajstić information content (AvgIpc) is 2.93. The number of halogens is 1. The Labute approximate surface area is 124 Å². The summed E-state index contributed by atoms with van der Waals surface area (Å²) in [6, 6.07) is 11.8. The van der Waals surface area contributed by atoms with Gasteiger partial charge < -0.3 is 0 Å². The van der Waals surface area contributed by atoms with E-state index in [0.29, 0.717) is 16.0 Å². The molecule has 0 N–H and O–H groups in total. The van der Waals surface area contributed by atoms with Crippen molar-refractivity contribution in [3.8, 4) is 12.1 Å². The number of hydrogen-bond acceptors (Lipinski definition) is 4. The first kappa shape index (κ1) is 13.2. The van der Waals surface area contributed by atoms with Gasteiger partial charge in [-0.1, -0.05) is 11.8 Å². The van der Waals surface area contributed by atoms with E-state index < -0.39 is 5.82 Å². The zero-order chi connectivity index (χ0) is 14.8. The van der Waals surface area contributed by atoms with Gasteiger partial charge in [0.2, 0.25) is 0 Å². The Bertz CT molecular complexity index is 918. The summed E-state index contributed by atoms with van der Waals surface area (Å²) < 4.78 is 14.8. The van der Waals surface area contributed by atoms with Crippen LogP contribution < -0.4 is 0 Å². The zero-order valence-corrected chi connectivity index (χ0v) is 11.4. The topological polar surface area (TPSA) is 64.9 Å². The van der Waals surface area contributed by atoms with E-state index in [0.717, 1.165) is 4.90 Å². The number of fused-ring (bicyclic) bond motifs is 1. The van der Waals surface area contributed by atoms with Gasteiger partial charge in [0.25, 0.3) is 0 Å². The fraction of sp³-hybridized carbons (Fsp3) is 0. The Kier molecular flexibility index (Phi) is 3.31. The molecule has 0 saturated heterocycles. The Morgan fingerprint density at radius 1 is 1.10 bits per heavy atom. The second-order valence-electron chi connectivity index (χ2n) is 4.19. The van der Waals surface area contributed by atoms with Crippen molar-refractivity contribution in [3.05, 3.63) is 59.7 Å². The van der Waals surface area contributed by atoms with Gasteiger partial charge in [0, 0.05) is 16.0 Å². The summed E-state index contributed by atoms with van der Waals surface area (Å²) in [4.78, 5) is 1.42. The van der Waals surface area contributed by atoms with Crippen LogP contribution >= 0.6 is 11.8 Å². The molecule has 2 aromatic heterocycles. The molecule has 3 rings (SSSR count). The minimum absolute atomic E-state index is 0.264. The van der Waals surface area contributed by atoms with E-state index in [1.807, 2.05) is 12.1 Å². The lowest BCUT2D eigenvalue weighted by Gasteiger charge is -2.06. The van der Waals surface area contributed by atoms with Gasteiger partial charge >= 0.3 is 0 Å². The van der Waals surface area contributed by atoms with Crippen molar-refractivity contribution < 1.29 is 4.39 Å². The van der Waals surface area contributed by atoms with Crippen LogP contribution in [0.4, 0.5) is 4.39 Å². The van der Waals surface area contributed by atoms with Crippen molar-refractivity contribution in [3.63, 3.8) is 0 Å². The van der Waals surface area contributed by atoms with E-state index in [9.17, 15) is 4.39 Å². The molecule has 0 fully saturated rings. The molecule has 0 aliphatic rings. The summed E-state index contributed by atoms with van der Waals surface area (Å²) >= 11 is 1.31. The van der Waals surface area contributed by atoms with Crippen LogP contribution in [-0.2, 0) is 0 Å². The maximum atomic E-state index is 13.2. The number of aromatic nitrogens is 2. The number of rotatable bonds is 2. The van der Waals surface area contributed by atoms with E-state index in [1.165, 1.54) is 30.1 Å². The number of hydrogen-bond donors (Lipinski definition) is 0. The van der Waals surface area contributed by atoms with Gasteiger partial charge in [0.1, 0.15) is 18.0 Å². The summed E-state index contributed by atoms with van der Waals surface area (Å²) in [6.45, 7) is 0. The van der Waals surface area contributed by atoms with Gasteiger partial charge in [0.15, 0.2) is 0 Å². The van der Waals surface area contributed by atoms with Crippen molar-refractivity contribution in [2.75, 3.05) is 0 Å². The van der Waals surface area contributed by atoms with Crippen molar-refractivity contribution in [2.45, 2.75) is 9.79 Å². The molecule has 4 nitrogen and oxygen atoms in total. The fourth-order valence-corrected chi connectivity index (χ4v) is 3.01. The summed E-state index contributed by atoms with van der Waals surface area (Å²) in [5.41, 5.74) is 1.40. The molecule has 0 unspecified atom stereocenters. The third-order valence-corrected chi connectivity index (χ3v) is 4.03. The van der Waals surface area contributed by atoms with Crippen LogP contribution in [0.25, 0.3) is 5.52 Å². The average molecular weight is 294 g/mol. The van der Waals surface area contributed by atoms with Crippen molar-refractivity contribution in [1.29, 1.82) is 10.5 Å². The molecular weight excluding hydrogens is 287 g/mol. The number of pyridine rings is 1. The van der Waals surface area contributed by atoms with Crippen LogP contribution in [0.1, 0.15) is 11.1 Å². The maximum absolute atomic E-state index is 13.2. The highest BCUT2D eigenvalue weighted by molar-refractivity contribution is 7.99. The van der Waals surface area contributed by atoms with Gasteiger partial charge in [-0.05, 0) is 30.3 Å². The van der Waals surface area contributed by atoms with Crippen LogP contribution in [0.15, 0.2) is 52.5 Å². The monoisotopic (exact) mass is 294 g/mol. The van der Waals surface area contributed by atoms with Gasteiger partial charge in [-0.25, -0.2) is 8.91 Å². The Balaban J connectivity index is 2.13. The first-order valence-corrected chi connectivity index (χ1v) is 6.78. The SMILES string of the molecule is N#Cc1cc(F)ccc1Sc1cccn2ncc(C#N)c12. The highest BCUT2D eigenvalue weighted by atomic mass is 32.2. The molecule has 0 aliphatic carbocycles. The molecule has 6 heteroatoms. The minimum Gasteiger partial charge on any atom is -0.238 e. The van der Waals surface area contributed by atoms with Crippen molar-refractivity contribution in [1.82, 2.24) is 9.61 Å². The third kappa shape index (κ3) is 2.33. The Morgan fingerprint density at radius 3 is 2.67 bits per heavy atom. The maximum Gasteiger partial charge on any atom is 0.124 e. The molecule has 0 atom stereocenters. The van der Waals surface area contributed by atoms with E-state index >= 15 is 0 Å². The summed E-state index contributed by atoms with van der Waals surface area (Å²) in [7, 11) is 0. The standard InChI is InChI=1S/C15H7FN4S/c16-12-3-4-13(10(6-12)7-17)21-14-2-1-5-20-15(14)11(8-18)9-19-20/h1-6,9H. The molecule has 0 spiro atoms. The van der Waals surface area contributed by atoms with Crippen LogP contribution in [0, 0.1) is 28.5 Å². The van der Waals surface area contributed by atoms with E-state index in [-0.39, 0.29) is 5.56 Å². The Hall–Kier alpha value is -2.83. The fourth-order valence-electron chi connectivity index (χ4n) is 1.97. The quantitative estimate of drug-likeness (QED) is 0.727. The van der Waals surface area contributed by atoms with Crippen molar-refractivity contribution >= 4 is 17.3 Å². The number of benzene rings is 1. The highest BCUT2D eigenvalue weighted by Crippen LogP contribution is 2.34. The van der Waals surface area contributed by atoms with Gasteiger partial charge in [-0.2, -0.15) is 15.6 Å². The molecule has 1 aromatic carbocycles. The van der Waals surface area contributed by atoms with E-state index in [4.69, 9.17) is 10.5 Å². The molecule has 0 amide bonds. The summed E-state index contributed by atoms with van der Waals surface area (Å²) in [6.07, 6.45) is 3.24. The molecule has 0 saturated carbocycles. The third-order valence-electron chi connectivity index (χ3n) is 2.91. The van der Waals surface area contributed by atoms with Crippen LogP contribution in [0.3, 0.4) is 0 Å². The molecule has 100 valence electrons. The van der Waals surface area contributed by atoms with E-state index in [1.54, 1.807) is 22.8 Å². The largest absolute Gasteiger partial charge is 0.238 e. The minimum atomic E-state index is -0.448. The second-order valence-corrected chi connectivity index (χ2v) is 5.27. The van der Waals surface area contributed by atoms with Gasteiger partial charge in [0.05, 0.1) is 22.8 Å². The molecule has 0 aliphatic heterocycles. The Morgan fingerprint density at radius 2 is 1.90 bits per heavy atom. The number of nitrogens with zero attached hydrogens (tertiary/aromatic N) is 4. The normalized spacial score (nSPS) is 10.2. The van der Waals surface area contributed by atoms with Crippen LogP contribution in [0.2, 0.25) is 0 Å². The van der Waals surface area contributed by atoms with Crippen LogP contribution in [0.5, 0.6) is 0 Å². The zero-order valence-electron chi connectivity index (χ0n) is 10.6. The lowest BCUT2D eigenvalue weighted by atomic mass is 10.2. The molecule has 3 aromatic rings. The highest BCUT2D eigenvalue weighted by Gasteiger charge is 2.12. The summed E-state index contributed by atoms with van der Waals surface area (Å²) in [5, 5.41) is 22.3. The molecular formula is C15H7FN4S. The molecule has 0 radical (unpaired) electrons. The smallest absolute Gasteiger partial charge is 0.124 e. The predicted molar refractivity (Wildman–Crippen MR) is 75.1 cm³/mol.